The summed E-state index contributed by atoms with van der Waals surface area (Å²) in [6.07, 6.45) is 4.68. The molecule has 2 rings (SSSR count). The van der Waals surface area contributed by atoms with Gasteiger partial charge in [0.2, 0.25) is 0 Å². The molecule has 4 heteroatoms. The zero-order valence-corrected chi connectivity index (χ0v) is 10.2. The molecular formula is C11H19N3S. The molecule has 0 aliphatic carbocycles. The normalized spacial score (nSPS) is 23.2. The van der Waals surface area contributed by atoms with Gasteiger partial charge in [0, 0.05) is 29.1 Å². The van der Waals surface area contributed by atoms with Crippen LogP contribution < -0.4 is 5.32 Å². The first-order valence-electron chi connectivity index (χ1n) is 5.62. The Morgan fingerprint density at radius 2 is 2.60 bits per heavy atom. The van der Waals surface area contributed by atoms with Gasteiger partial charge < -0.3 is 5.32 Å². The predicted octanol–water partition coefficient (Wildman–Crippen LogP) is 2.26. The molecule has 1 fully saturated rings. The van der Waals surface area contributed by atoms with E-state index in [1.54, 1.807) is 0 Å². The maximum Gasteiger partial charge on any atom is 0.0537 e. The average molecular weight is 225 g/mol. The van der Waals surface area contributed by atoms with E-state index in [2.05, 4.69) is 41.1 Å². The molecule has 1 aromatic heterocycles. The molecule has 0 spiro atoms. The van der Waals surface area contributed by atoms with E-state index in [1.807, 2.05) is 6.20 Å². The fraction of sp³-hybridized carbons (Fsp3) is 0.727. The molecule has 1 aliphatic heterocycles. The third kappa shape index (κ3) is 2.75. The van der Waals surface area contributed by atoms with Crippen molar-refractivity contribution in [2.24, 2.45) is 0 Å². The highest BCUT2D eigenvalue weighted by molar-refractivity contribution is 8.00. The second kappa shape index (κ2) is 5.03. The zero-order valence-electron chi connectivity index (χ0n) is 9.42. The van der Waals surface area contributed by atoms with Gasteiger partial charge in [0.05, 0.1) is 6.20 Å². The summed E-state index contributed by atoms with van der Waals surface area (Å²) in [6.45, 7) is 5.40. The highest BCUT2D eigenvalue weighted by Gasteiger charge is 2.17. The van der Waals surface area contributed by atoms with Crippen LogP contribution in [0.1, 0.15) is 37.1 Å². The lowest BCUT2D eigenvalue weighted by Crippen LogP contribution is -2.26. The van der Waals surface area contributed by atoms with Crippen LogP contribution >= 0.6 is 11.8 Å². The number of hydrogen-bond donors (Lipinski definition) is 2. The van der Waals surface area contributed by atoms with E-state index in [-0.39, 0.29) is 0 Å². The number of nitrogens with one attached hydrogen (secondary N) is 2. The van der Waals surface area contributed by atoms with E-state index in [0.29, 0.717) is 6.04 Å². The molecule has 84 valence electrons. The number of thioether (sulfide) groups is 1. The highest BCUT2D eigenvalue weighted by Crippen LogP contribution is 2.26. The van der Waals surface area contributed by atoms with Crippen LogP contribution in [0.2, 0.25) is 0 Å². The highest BCUT2D eigenvalue weighted by atomic mass is 32.2. The molecule has 2 N–H and O–H groups in total. The van der Waals surface area contributed by atoms with E-state index in [1.165, 1.54) is 29.9 Å². The van der Waals surface area contributed by atoms with Crippen LogP contribution in [0, 0.1) is 6.92 Å². The van der Waals surface area contributed by atoms with Gasteiger partial charge in [0.15, 0.2) is 0 Å². The fourth-order valence-corrected chi connectivity index (χ4v) is 3.23. The lowest BCUT2D eigenvalue weighted by Gasteiger charge is -2.16. The van der Waals surface area contributed by atoms with Crippen molar-refractivity contribution >= 4 is 11.8 Å². The Labute approximate surface area is 95.4 Å². The summed E-state index contributed by atoms with van der Waals surface area (Å²) in [4.78, 5) is 0. The van der Waals surface area contributed by atoms with E-state index in [0.717, 1.165) is 11.8 Å². The van der Waals surface area contributed by atoms with Crippen LogP contribution in [0.3, 0.4) is 0 Å². The first-order chi connectivity index (χ1) is 7.27. The maximum atomic E-state index is 4.05. The van der Waals surface area contributed by atoms with Crippen molar-refractivity contribution in [2.45, 2.75) is 38.0 Å². The minimum absolute atomic E-state index is 0.407. The first kappa shape index (κ1) is 11.0. The van der Waals surface area contributed by atoms with Crippen LogP contribution in [-0.4, -0.2) is 27.7 Å². The Morgan fingerprint density at radius 3 is 3.20 bits per heavy atom. The number of H-pyrrole nitrogens is 1. The van der Waals surface area contributed by atoms with Crippen molar-refractivity contribution in [3.8, 4) is 0 Å². The molecule has 3 nitrogen and oxygen atoms in total. The lowest BCUT2D eigenvalue weighted by molar-refractivity contribution is 0.557. The molecule has 15 heavy (non-hydrogen) atoms. The van der Waals surface area contributed by atoms with Gasteiger partial charge in [-0.15, -0.1) is 0 Å². The number of nitrogens with zero attached hydrogens (tertiary/aromatic N) is 1. The van der Waals surface area contributed by atoms with Crippen LogP contribution in [0.4, 0.5) is 0 Å². The van der Waals surface area contributed by atoms with Gasteiger partial charge in [-0.3, -0.25) is 5.10 Å². The van der Waals surface area contributed by atoms with Crippen LogP contribution in [0.5, 0.6) is 0 Å². The van der Waals surface area contributed by atoms with E-state index < -0.39 is 0 Å². The summed E-state index contributed by atoms with van der Waals surface area (Å²) in [5, 5.41) is 11.4. The number of hydrogen-bond acceptors (Lipinski definition) is 3. The van der Waals surface area contributed by atoms with Crippen molar-refractivity contribution < 1.29 is 0 Å². The van der Waals surface area contributed by atoms with Gasteiger partial charge in [0.25, 0.3) is 0 Å². The van der Waals surface area contributed by atoms with Gasteiger partial charge in [-0.1, -0.05) is 0 Å². The number of rotatable bonds is 4. The molecule has 0 amide bonds. The molecule has 2 heterocycles. The molecule has 1 aromatic rings. The van der Waals surface area contributed by atoms with Crippen molar-refractivity contribution in [2.75, 3.05) is 12.3 Å². The van der Waals surface area contributed by atoms with Crippen molar-refractivity contribution in [3.63, 3.8) is 0 Å². The van der Waals surface area contributed by atoms with E-state index in [9.17, 15) is 0 Å². The van der Waals surface area contributed by atoms with Gasteiger partial charge >= 0.3 is 0 Å². The summed E-state index contributed by atoms with van der Waals surface area (Å²) in [5.41, 5.74) is 2.46. The van der Waals surface area contributed by atoms with Gasteiger partial charge in [-0.2, -0.15) is 16.9 Å². The Balaban J connectivity index is 1.81. The summed E-state index contributed by atoms with van der Waals surface area (Å²) in [5.74, 6) is 1.34. The topological polar surface area (TPSA) is 40.7 Å². The Kier molecular flexibility index (Phi) is 3.70. The monoisotopic (exact) mass is 225 g/mol. The number of aromatic nitrogens is 2. The Morgan fingerprint density at radius 1 is 1.73 bits per heavy atom. The molecule has 2 atom stereocenters. The summed E-state index contributed by atoms with van der Waals surface area (Å²) in [7, 11) is 0. The molecule has 0 saturated carbocycles. The van der Waals surface area contributed by atoms with Gasteiger partial charge in [-0.25, -0.2) is 0 Å². The minimum atomic E-state index is 0.407. The fourth-order valence-electron chi connectivity index (χ4n) is 2.02. The van der Waals surface area contributed by atoms with Crippen molar-refractivity contribution in [3.05, 3.63) is 17.5 Å². The standard InChI is InChI=1S/C11H19N3S/c1-8(11-7-13-14-9(11)2)12-6-10-4-3-5-15-10/h7-8,10,12H,3-6H2,1-2H3,(H,13,14). The van der Waals surface area contributed by atoms with E-state index in [4.69, 9.17) is 0 Å². The van der Waals surface area contributed by atoms with Crippen LogP contribution in [0.25, 0.3) is 0 Å². The molecule has 0 radical (unpaired) electrons. The van der Waals surface area contributed by atoms with Crippen molar-refractivity contribution in [1.29, 1.82) is 0 Å². The molecule has 1 aliphatic rings. The minimum Gasteiger partial charge on any atom is -0.309 e. The van der Waals surface area contributed by atoms with Crippen molar-refractivity contribution in [1.82, 2.24) is 15.5 Å². The Bertz CT molecular complexity index is 305. The zero-order chi connectivity index (χ0) is 10.7. The molecule has 0 bridgehead atoms. The number of aromatic amines is 1. The molecular weight excluding hydrogens is 206 g/mol. The predicted molar refractivity (Wildman–Crippen MR) is 65.2 cm³/mol. The van der Waals surface area contributed by atoms with Gasteiger partial charge in [0.1, 0.15) is 0 Å². The third-order valence-corrected chi connectivity index (χ3v) is 4.41. The second-order valence-electron chi connectivity index (χ2n) is 4.22. The summed E-state index contributed by atoms with van der Waals surface area (Å²) >= 11 is 2.10. The largest absolute Gasteiger partial charge is 0.309 e. The smallest absolute Gasteiger partial charge is 0.0537 e. The van der Waals surface area contributed by atoms with E-state index >= 15 is 0 Å². The third-order valence-electron chi connectivity index (χ3n) is 3.01. The average Bonchev–Trinajstić information content (AvgIpc) is 2.84. The number of aryl methyl sites for hydroxylation is 1. The summed E-state index contributed by atoms with van der Waals surface area (Å²) < 4.78 is 0. The van der Waals surface area contributed by atoms with Gasteiger partial charge in [-0.05, 0) is 32.4 Å². The quantitative estimate of drug-likeness (QED) is 0.826. The van der Waals surface area contributed by atoms with Crippen LogP contribution in [0.15, 0.2) is 6.20 Å². The molecule has 1 saturated heterocycles. The van der Waals surface area contributed by atoms with Crippen LogP contribution in [-0.2, 0) is 0 Å². The SMILES string of the molecule is Cc1[nH]ncc1C(C)NCC1CCCS1. The second-order valence-corrected chi connectivity index (χ2v) is 5.62. The lowest BCUT2D eigenvalue weighted by atomic mass is 10.1. The molecule has 2 unspecified atom stereocenters. The first-order valence-corrected chi connectivity index (χ1v) is 6.67. The Hall–Kier alpha value is -0.480. The molecule has 0 aromatic carbocycles. The maximum absolute atomic E-state index is 4.05. The summed E-state index contributed by atoms with van der Waals surface area (Å²) in [6, 6.07) is 0.407.